The van der Waals surface area contributed by atoms with E-state index in [1.165, 1.54) is 152 Å². The maximum atomic E-state index is 2.58. The highest BCUT2D eigenvalue weighted by Gasteiger charge is 2.28. The third kappa shape index (κ3) is 3.78. The van der Waals surface area contributed by atoms with Crippen LogP contribution in [0.15, 0.2) is 194 Å². The molecule has 0 saturated heterocycles. The first-order valence-corrected chi connectivity index (χ1v) is 21.1. The Labute approximate surface area is 344 Å². The number of hydrogen-bond acceptors (Lipinski definition) is 0. The minimum absolute atomic E-state index is 1.26. The van der Waals surface area contributed by atoms with Crippen molar-refractivity contribution < 1.29 is 0 Å². The molecule has 0 saturated carbocycles. The van der Waals surface area contributed by atoms with Crippen molar-refractivity contribution in [2.24, 2.45) is 0 Å². The summed E-state index contributed by atoms with van der Waals surface area (Å²) in [4.78, 5) is 0. The number of benzene rings is 13. The van der Waals surface area contributed by atoms with E-state index in [1.807, 2.05) is 0 Å². The molecule has 0 amide bonds. The molecule has 0 N–H and O–H groups in total. The molecule has 15 aromatic carbocycles. The zero-order valence-corrected chi connectivity index (χ0v) is 32.5. The van der Waals surface area contributed by atoms with Crippen LogP contribution in [-0.4, -0.2) is 0 Å². The molecule has 0 radical (unpaired) electrons. The van der Waals surface area contributed by atoms with Crippen molar-refractivity contribution in [3.05, 3.63) is 194 Å². The smallest absolute Gasteiger partial charge is 0.000696 e. The van der Waals surface area contributed by atoms with Crippen LogP contribution in [0.5, 0.6) is 0 Å². The average molecular weight is 753 g/mol. The van der Waals surface area contributed by atoms with Crippen molar-refractivity contribution in [2.45, 2.75) is 0 Å². The normalized spacial score (nSPS) is 12.7. The molecule has 0 atom stereocenters. The number of rotatable bonds is 2. The Morgan fingerprint density at radius 1 is 0.167 bits per heavy atom. The molecule has 15 aromatic rings. The maximum Gasteiger partial charge on any atom is -0.000696 e. The Morgan fingerprint density at radius 2 is 0.633 bits per heavy atom. The molecule has 0 nitrogen and oxygen atoms in total. The molecule has 60 heavy (non-hydrogen) atoms. The fourth-order valence-corrected chi connectivity index (χ4v) is 11.8. The van der Waals surface area contributed by atoms with Gasteiger partial charge in [-0.2, -0.15) is 0 Å². The van der Waals surface area contributed by atoms with Gasteiger partial charge in [0.05, 0.1) is 0 Å². The summed E-state index contributed by atoms with van der Waals surface area (Å²) in [6, 6.07) is 73.9. The van der Waals surface area contributed by atoms with Crippen LogP contribution in [0.25, 0.3) is 152 Å². The first-order chi connectivity index (χ1) is 29.8. The molecule has 0 heteroatoms. The van der Waals surface area contributed by atoms with Crippen molar-refractivity contribution in [1.29, 1.82) is 0 Å². The summed E-state index contributed by atoms with van der Waals surface area (Å²) in [6.45, 7) is 0. The molecular weight excluding hydrogens is 721 g/mol. The maximum absolute atomic E-state index is 2.58. The summed E-state index contributed by atoms with van der Waals surface area (Å²) >= 11 is 0. The lowest BCUT2D eigenvalue weighted by Gasteiger charge is -2.19. The minimum Gasteiger partial charge on any atom is -0.0616 e. The Morgan fingerprint density at radius 3 is 1.35 bits per heavy atom. The Bertz CT molecular complexity index is 4330. The van der Waals surface area contributed by atoms with Crippen molar-refractivity contribution >= 4 is 129 Å². The molecule has 0 aliphatic rings. The van der Waals surface area contributed by atoms with Crippen molar-refractivity contribution in [2.75, 3.05) is 0 Å². The van der Waals surface area contributed by atoms with Crippen LogP contribution in [0.4, 0.5) is 0 Å². The fraction of sp³-hybridized carbons (Fsp3) is 0. The molecule has 0 spiro atoms. The van der Waals surface area contributed by atoms with Crippen LogP contribution in [0.3, 0.4) is 0 Å². The van der Waals surface area contributed by atoms with Gasteiger partial charge in [0.25, 0.3) is 0 Å². The van der Waals surface area contributed by atoms with E-state index in [0.29, 0.717) is 0 Å². The summed E-state index contributed by atoms with van der Waals surface area (Å²) < 4.78 is 0. The first-order valence-electron chi connectivity index (χ1n) is 21.1. The van der Waals surface area contributed by atoms with Gasteiger partial charge in [0, 0.05) is 0 Å². The Hall–Kier alpha value is -7.80. The highest BCUT2D eigenvalue weighted by atomic mass is 14.3. The average Bonchev–Trinajstić information content (AvgIpc) is 3.80. The zero-order valence-electron chi connectivity index (χ0n) is 32.5. The second kappa shape index (κ2) is 11.0. The third-order valence-corrected chi connectivity index (χ3v) is 14.2. The summed E-state index contributed by atoms with van der Waals surface area (Å²) in [7, 11) is 0. The molecule has 0 fully saturated rings. The van der Waals surface area contributed by atoms with E-state index in [2.05, 4.69) is 194 Å². The van der Waals surface area contributed by atoms with Gasteiger partial charge in [0.1, 0.15) is 0 Å². The van der Waals surface area contributed by atoms with E-state index in [4.69, 9.17) is 0 Å². The highest BCUT2D eigenvalue weighted by molar-refractivity contribution is 6.47. The molecule has 272 valence electrons. The van der Waals surface area contributed by atoms with Gasteiger partial charge in [-0.1, -0.05) is 170 Å². The molecule has 0 aliphatic carbocycles. The van der Waals surface area contributed by atoms with Crippen LogP contribution < -0.4 is 0 Å². The van der Waals surface area contributed by atoms with E-state index in [9.17, 15) is 0 Å². The van der Waals surface area contributed by atoms with E-state index in [0.717, 1.165) is 0 Å². The standard InChI is InChI=1S/C60H32/c1-4-18-39-33(11-1)14-8-21-43(39)56-51-32-48-47(45-24-10-23-42-41-20-6-3-13-37(41)29-49(48)55(42)45)31-50(51)57(44-22-9-15-34-12-2-5-19-40(34)44)60-52-30-38-17-7-16-35-25-26-36-27-28-46(59(56)60)58(52)54(36)53(35)38/h1-32H. The first kappa shape index (κ1) is 31.2. The van der Waals surface area contributed by atoms with Gasteiger partial charge in [-0.25, -0.2) is 0 Å². The van der Waals surface area contributed by atoms with Gasteiger partial charge >= 0.3 is 0 Å². The lowest BCUT2D eigenvalue weighted by atomic mass is 9.83. The van der Waals surface area contributed by atoms with Crippen LogP contribution in [0.1, 0.15) is 0 Å². The Balaban J connectivity index is 1.28. The van der Waals surface area contributed by atoms with Gasteiger partial charge in [-0.15, -0.1) is 0 Å². The second-order valence-corrected chi connectivity index (χ2v) is 17.0. The lowest BCUT2D eigenvalue weighted by molar-refractivity contribution is 1.72. The van der Waals surface area contributed by atoms with Crippen molar-refractivity contribution in [3.63, 3.8) is 0 Å². The largest absolute Gasteiger partial charge is 0.0616 e. The van der Waals surface area contributed by atoms with Crippen molar-refractivity contribution in [1.82, 2.24) is 0 Å². The number of fused-ring (bicyclic) bond motifs is 11. The zero-order chi connectivity index (χ0) is 38.8. The molecule has 0 heterocycles. The number of hydrogen-bond donors (Lipinski definition) is 0. The van der Waals surface area contributed by atoms with E-state index >= 15 is 0 Å². The van der Waals surface area contributed by atoms with Gasteiger partial charge < -0.3 is 0 Å². The third-order valence-electron chi connectivity index (χ3n) is 14.2. The highest BCUT2D eigenvalue weighted by Crippen LogP contribution is 2.56. The second-order valence-electron chi connectivity index (χ2n) is 17.0. The monoisotopic (exact) mass is 752 g/mol. The summed E-state index contributed by atoms with van der Waals surface area (Å²) in [6.07, 6.45) is 0. The predicted molar refractivity (Wildman–Crippen MR) is 261 cm³/mol. The van der Waals surface area contributed by atoms with Crippen molar-refractivity contribution in [3.8, 4) is 22.3 Å². The minimum atomic E-state index is 1.26. The summed E-state index contributed by atoms with van der Waals surface area (Å²) in [5, 5.41) is 31.6. The van der Waals surface area contributed by atoms with Gasteiger partial charge in [-0.3, -0.25) is 0 Å². The van der Waals surface area contributed by atoms with E-state index < -0.39 is 0 Å². The van der Waals surface area contributed by atoms with Gasteiger partial charge in [-0.05, 0) is 176 Å². The Kier molecular flexibility index (Phi) is 5.74. The molecule has 0 aliphatic heterocycles. The van der Waals surface area contributed by atoms with Gasteiger partial charge in [0.15, 0.2) is 0 Å². The summed E-state index contributed by atoms with van der Waals surface area (Å²) in [5.74, 6) is 0. The van der Waals surface area contributed by atoms with Crippen LogP contribution >= 0.6 is 0 Å². The molecule has 0 unspecified atom stereocenters. The van der Waals surface area contributed by atoms with Gasteiger partial charge in [0.2, 0.25) is 0 Å². The van der Waals surface area contributed by atoms with Crippen LogP contribution in [0.2, 0.25) is 0 Å². The van der Waals surface area contributed by atoms with E-state index in [-0.39, 0.29) is 0 Å². The van der Waals surface area contributed by atoms with Crippen LogP contribution in [-0.2, 0) is 0 Å². The van der Waals surface area contributed by atoms with E-state index in [1.54, 1.807) is 0 Å². The summed E-state index contributed by atoms with van der Waals surface area (Å²) in [5.41, 5.74) is 5.19. The van der Waals surface area contributed by atoms with Crippen LogP contribution in [0, 0.1) is 0 Å². The quantitative estimate of drug-likeness (QED) is 0.154. The topological polar surface area (TPSA) is 0 Å². The molecule has 15 rings (SSSR count). The predicted octanol–water partition coefficient (Wildman–Crippen LogP) is 17.2. The molecule has 0 bridgehead atoms. The lowest BCUT2D eigenvalue weighted by Crippen LogP contribution is -1.91. The molecule has 0 aromatic heterocycles. The SMILES string of the molecule is c1ccc2c(-c3c4cc5c(cc4c(-c4cccc6ccccc46)c4c6cc7cccc8ccc9ccc(c34)c6c9c87)c3cccc4c6ccccc6cc5c43)cccc2c1. The molecular formula is C60H32. The fourth-order valence-electron chi connectivity index (χ4n) is 11.8.